The van der Waals surface area contributed by atoms with Crippen LogP contribution < -0.4 is 11.1 Å². The average Bonchev–Trinajstić information content (AvgIpc) is 3.01. The van der Waals surface area contributed by atoms with Crippen LogP contribution >= 0.6 is 11.3 Å². The van der Waals surface area contributed by atoms with Gasteiger partial charge in [0, 0.05) is 30.8 Å². The molecule has 3 N–H and O–H groups in total. The number of nitrogens with two attached hydrogens (primary N) is 1. The molecule has 0 saturated carbocycles. The third-order valence-corrected chi connectivity index (χ3v) is 3.93. The molecular formula is C16H21N3OS. The Hall–Kier alpha value is -1.85. The number of para-hydroxylation sites is 1. The Bertz CT molecular complexity index is 581. The second-order valence-corrected chi connectivity index (χ2v) is 5.68. The maximum absolute atomic E-state index is 5.97. The van der Waals surface area contributed by atoms with Gasteiger partial charge in [0.25, 0.3) is 0 Å². The van der Waals surface area contributed by atoms with Gasteiger partial charge >= 0.3 is 0 Å². The summed E-state index contributed by atoms with van der Waals surface area (Å²) in [7, 11) is 1.68. The van der Waals surface area contributed by atoms with E-state index in [2.05, 4.69) is 34.1 Å². The Morgan fingerprint density at radius 2 is 2.19 bits per heavy atom. The molecule has 0 bridgehead atoms. The molecule has 1 atom stereocenters. The lowest BCUT2D eigenvalue weighted by Crippen LogP contribution is -2.24. The molecule has 0 aliphatic rings. The van der Waals surface area contributed by atoms with Crippen molar-refractivity contribution in [2.45, 2.75) is 19.4 Å². The average molecular weight is 303 g/mol. The van der Waals surface area contributed by atoms with Gasteiger partial charge in [-0.2, -0.15) is 11.3 Å². The molecule has 0 aliphatic heterocycles. The van der Waals surface area contributed by atoms with E-state index >= 15 is 0 Å². The van der Waals surface area contributed by atoms with E-state index in [0.717, 1.165) is 11.3 Å². The van der Waals surface area contributed by atoms with Crippen LogP contribution in [0.3, 0.4) is 0 Å². The number of benzene rings is 1. The van der Waals surface area contributed by atoms with Crippen LogP contribution in [0.25, 0.3) is 0 Å². The summed E-state index contributed by atoms with van der Waals surface area (Å²) in [5.41, 5.74) is 9.27. The number of hydrogen-bond acceptors (Lipinski definition) is 3. The van der Waals surface area contributed by atoms with E-state index < -0.39 is 0 Å². The molecule has 5 heteroatoms. The Morgan fingerprint density at radius 3 is 2.90 bits per heavy atom. The quantitative estimate of drug-likeness (QED) is 0.635. The first-order chi connectivity index (χ1) is 10.2. The molecule has 0 spiro atoms. The number of guanidine groups is 1. The molecule has 4 nitrogen and oxygen atoms in total. The first-order valence-electron chi connectivity index (χ1n) is 6.86. The van der Waals surface area contributed by atoms with Crippen LogP contribution in [0.15, 0.2) is 46.1 Å². The number of ether oxygens (including phenoxy) is 1. The molecule has 1 aromatic heterocycles. The topological polar surface area (TPSA) is 59.6 Å². The highest BCUT2D eigenvalue weighted by molar-refractivity contribution is 7.07. The lowest BCUT2D eigenvalue weighted by Gasteiger charge is -2.12. The molecular weight excluding hydrogens is 282 g/mol. The van der Waals surface area contributed by atoms with Gasteiger partial charge in [0.15, 0.2) is 5.96 Å². The molecule has 0 saturated heterocycles. The van der Waals surface area contributed by atoms with Crippen molar-refractivity contribution >= 4 is 23.0 Å². The molecule has 21 heavy (non-hydrogen) atoms. The SMILES string of the molecule is COCc1ccccc1NC(N)=NCC(C)c1ccsc1. The lowest BCUT2D eigenvalue weighted by atomic mass is 10.1. The highest BCUT2D eigenvalue weighted by Gasteiger charge is 2.06. The molecule has 2 rings (SSSR count). The first kappa shape index (κ1) is 15.5. The van der Waals surface area contributed by atoms with Crippen LogP contribution in [-0.2, 0) is 11.3 Å². The number of nitrogens with one attached hydrogen (secondary N) is 1. The van der Waals surface area contributed by atoms with E-state index in [9.17, 15) is 0 Å². The highest BCUT2D eigenvalue weighted by Crippen LogP contribution is 2.19. The largest absolute Gasteiger partial charge is 0.380 e. The van der Waals surface area contributed by atoms with Gasteiger partial charge in [-0.1, -0.05) is 25.1 Å². The van der Waals surface area contributed by atoms with Crippen LogP contribution in [-0.4, -0.2) is 19.6 Å². The molecule has 2 aromatic rings. The Labute approximate surface area is 129 Å². The van der Waals surface area contributed by atoms with Crippen molar-refractivity contribution in [3.8, 4) is 0 Å². The monoisotopic (exact) mass is 303 g/mol. The van der Waals surface area contributed by atoms with Crippen molar-refractivity contribution in [3.63, 3.8) is 0 Å². The molecule has 1 heterocycles. The summed E-state index contributed by atoms with van der Waals surface area (Å²) in [4.78, 5) is 4.42. The fourth-order valence-corrected chi connectivity index (χ4v) is 2.78. The predicted molar refractivity (Wildman–Crippen MR) is 90.0 cm³/mol. The van der Waals surface area contributed by atoms with E-state index in [0.29, 0.717) is 25.0 Å². The van der Waals surface area contributed by atoms with Gasteiger partial charge in [-0.15, -0.1) is 0 Å². The second kappa shape index (κ2) is 7.81. The van der Waals surface area contributed by atoms with Gasteiger partial charge in [-0.05, 0) is 28.5 Å². The summed E-state index contributed by atoms with van der Waals surface area (Å²) < 4.78 is 5.18. The van der Waals surface area contributed by atoms with Crippen LogP contribution in [0.5, 0.6) is 0 Å². The molecule has 1 aromatic carbocycles. The standard InChI is InChI=1S/C16H21N3OS/c1-12(14-7-8-21-11-14)9-18-16(17)19-15-6-4-3-5-13(15)10-20-2/h3-8,11-12H,9-10H2,1-2H3,(H3,17,18,19). The predicted octanol–water partition coefficient (Wildman–Crippen LogP) is 3.42. The van der Waals surface area contributed by atoms with Crippen LogP contribution in [0.1, 0.15) is 24.0 Å². The summed E-state index contributed by atoms with van der Waals surface area (Å²) in [6.45, 7) is 3.36. The van der Waals surface area contributed by atoms with E-state index in [4.69, 9.17) is 10.5 Å². The fourth-order valence-electron chi connectivity index (χ4n) is 2.00. The zero-order valence-electron chi connectivity index (χ0n) is 12.4. The van der Waals surface area contributed by atoms with Gasteiger partial charge in [0.05, 0.1) is 6.61 Å². The zero-order chi connectivity index (χ0) is 15.1. The number of thiophene rings is 1. The van der Waals surface area contributed by atoms with Crippen LogP contribution in [0, 0.1) is 0 Å². The van der Waals surface area contributed by atoms with Crippen molar-refractivity contribution in [1.82, 2.24) is 0 Å². The number of methoxy groups -OCH3 is 1. The van der Waals surface area contributed by atoms with Crippen molar-refractivity contribution in [1.29, 1.82) is 0 Å². The highest BCUT2D eigenvalue weighted by atomic mass is 32.1. The Balaban J connectivity index is 1.97. The van der Waals surface area contributed by atoms with Gasteiger partial charge in [-0.25, -0.2) is 0 Å². The summed E-state index contributed by atoms with van der Waals surface area (Å²) in [6.07, 6.45) is 0. The van der Waals surface area contributed by atoms with Gasteiger partial charge < -0.3 is 15.8 Å². The van der Waals surface area contributed by atoms with E-state index in [-0.39, 0.29) is 0 Å². The van der Waals surface area contributed by atoms with Crippen LogP contribution in [0.2, 0.25) is 0 Å². The van der Waals surface area contributed by atoms with Gasteiger partial charge in [0.2, 0.25) is 0 Å². The molecule has 0 radical (unpaired) electrons. The smallest absolute Gasteiger partial charge is 0.193 e. The normalized spacial score (nSPS) is 13.1. The molecule has 112 valence electrons. The van der Waals surface area contributed by atoms with Gasteiger partial charge in [-0.3, -0.25) is 4.99 Å². The second-order valence-electron chi connectivity index (χ2n) is 4.90. The minimum Gasteiger partial charge on any atom is -0.380 e. The first-order valence-corrected chi connectivity index (χ1v) is 7.81. The molecule has 0 aliphatic carbocycles. The third kappa shape index (κ3) is 4.58. The number of hydrogen-bond donors (Lipinski definition) is 2. The number of rotatable bonds is 6. The maximum Gasteiger partial charge on any atom is 0.193 e. The van der Waals surface area contributed by atoms with Crippen LogP contribution in [0.4, 0.5) is 5.69 Å². The Kier molecular flexibility index (Phi) is 5.78. The summed E-state index contributed by atoms with van der Waals surface area (Å²) in [5, 5.41) is 7.38. The van der Waals surface area contributed by atoms with Crippen molar-refractivity contribution in [2.24, 2.45) is 10.7 Å². The zero-order valence-corrected chi connectivity index (χ0v) is 13.2. The molecule has 0 fully saturated rings. The summed E-state index contributed by atoms with van der Waals surface area (Å²) >= 11 is 1.70. The number of aliphatic imine (C=N–C) groups is 1. The minimum atomic E-state index is 0.366. The van der Waals surface area contributed by atoms with E-state index in [1.165, 1.54) is 5.56 Å². The number of anilines is 1. The summed E-state index contributed by atoms with van der Waals surface area (Å²) in [5.74, 6) is 0.798. The van der Waals surface area contributed by atoms with Crippen molar-refractivity contribution in [2.75, 3.05) is 19.0 Å². The lowest BCUT2D eigenvalue weighted by molar-refractivity contribution is 0.185. The fraction of sp³-hybridized carbons (Fsp3) is 0.312. The number of nitrogens with zero attached hydrogens (tertiary/aromatic N) is 1. The van der Waals surface area contributed by atoms with E-state index in [1.54, 1.807) is 18.4 Å². The van der Waals surface area contributed by atoms with Gasteiger partial charge in [0.1, 0.15) is 0 Å². The molecule has 0 amide bonds. The molecule has 1 unspecified atom stereocenters. The van der Waals surface area contributed by atoms with E-state index in [1.807, 2.05) is 24.3 Å². The maximum atomic E-state index is 5.97. The van der Waals surface area contributed by atoms with Crippen molar-refractivity contribution in [3.05, 3.63) is 52.2 Å². The minimum absolute atomic E-state index is 0.366. The summed E-state index contributed by atoms with van der Waals surface area (Å²) in [6, 6.07) is 10.0. The van der Waals surface area contributed by atoms with Crippen molar-refractivity contribution < 1.29 is 4.74 Å². The Morgan fingerprint density at radius 1 is 1.38 bits per heavy atom. The third-order valence-electron chi connectivity index (χ3n) is 3.23.